The third kappa shape index (κ3) is 3.88. The molecule has 0 fully saturated rings. The molecule has 0 spiro atoms. The molecule has 1 amide bonds. The van der Waals surface area contributed by atoms with E-state index in [-0.39, 0.29) is 18.1 Å². The first-order chi connectivity index (χ1) is 13.5. The summed E-state index contributed by atoms with van der Waals surface area (Å²) in [6.07, 6.45) is 0.178. The number of fused-ring (bicyclic) bond motifs is 1. The molecule has 4 rings (SSSR count). The Morgan fingerprint density at radius 2 is 1.93 bits per heavy atom. The summed E-state index contributed by atoms with van der Waals surface area (Å²) in [5, 5.41) is 4.26. The van der Waals surface area contributed by atoms with Crippen LogP contribution in [0.5, 0.6) is 5.75 Å². The zero-order valence-corrected chi connectivity index (χ0v) is 16.8. The summed E-state index contributed by atoms with van der Waals surface area (Å²) >= 11 is 2.86. The normalized spacial score (nSPS) is 11.0. The van der Waals surface area contributed by atoms with Gasteiger partial charge in [-0.3, -0.25) is 4.79 Å². The van der Waals surface area contributed by atoms with Gasteiger partial charge in [-0.25, -0.2) is 14.4 Å². The Morgan fingerprint density at radius 3 is 2.68 bits per heavy atom. The highest BCUT2D eigenvalue weighted by Crippen LogP contribution is 2.31. The molecule has 8 heteroatoms. The van der Waals surface area contributed by atoms with Gasteiger partial charge in [0, 0.05) is 10.4 Å². The molecule has 0 saturated carbocycles. The Labute approximate surface area is 168 Å². The van der Waals surface area contributed by atoms with Crippen LogP contribution in [0.25, 0.3) is 21.5 Å². The summed E-state index contributed by atoms with van der Waals surface area (Å²) in [6.45, 7) is 1.89. The predicted molar refractivity (Wildman–Crippen MR) is 111 cm³/mol. The van der Waals surface area contributed by atoms with Crippen LogP contribution >= 0.6 is 22.7 Å². The van der Waals surface area contributed by atoms with Crippen molar-refractivity contribution in [3.05, 3.63) is 58.2 Å². The monoisotopic (exact) mass is 413 g/mol. The fourth-order valence-corrected chi connectivity index (χ4v) is 4.68. The van der Waals surface area contributed by atoms with Crippen molar-refractivity contribution < 1.29 is 13.9 Å². The molecule has 0 aliphatic carbocycles. The first-order valence-corrected chi connectivity index (χ1v) is 10.1. The average Bonchev–Trinajstić information content (AvgIpc) is 3.23. The largest absolute Gasteiger partial charge is 0.497 e. The van der Waals surface area contributed by atoms with Gasteiger partial charge >= 0.3 is 0 Å². The summed E-state index contributed by atoms with van der Waals surface area (Å²) in [4.78, 5) is 22.4. The number of rotatable bonds is 5. The van der Waals surface area contributed by atoms with E-state index in [1.165, 1.54) is 34.8 Å². The average molecular weight is 413 g/mol. The minimum Gasteiger partial charge on any atom is -0.497 e. The second-order valence-electron chi connectivity index (χ2n) is 6.09. The van der Waals surface area contributed by atoms with E-state index in [0.717, 1.165) is 31.4 Å². The lowest BCUT2D eigenvalue weighted by Crippen LogP contribution is -2.14. The Morgan fingerprint density at radius 1 is 1.14 bits per heavy atom. The Kier molecular flexibility index (Phi) is 5.06. The number of nitrogens with zero attached hydrogens (tertiary/aromatic N) is 2. The molecule has 5 nitrogen and oxygen atoms in total. The van der Waals surface area contributed by atoms with Crippen molar-refractivity contribution in [1.29, 1.82) is 0 Å². The topological polar surface area (TPSA) is 64.1 Å². The molecular weight excluding hydrogens is 397 g/mol. The smallest absolute Gasteiger partial charge is 0.231 e. The number of amides is 1. The number of benzene rings is 2. The number of methoxy groups -OCH3 is 1. The molecule has 4 aromatic rings. The summed E-state index contributed by atoms with van der Waals surface area (Å²) < 4.78 is 19.4. The van der Waals surface area contributed by atoms with Crippen molar-refractivity contribution in [2.24, 2.45) is 0 Å². The van der Waals surface area contributed by atoms with Crippen molar-refractivity contribution in [1.82, 2.24) is 9.97 Å². The second kappa shape index (κ2) is 7.65. The predicted octanol–water partition coefficient (Wildman–Crippen LogP) is 5.06. The van der Waals surface area contributed by atoms with Crippen LogP contribution in [0.1, 0.15) is 9.88 Å². The van der Waals surface area contributed by atoms with Crippen LogP contribution in [0.3, 0.4) is 0 Å². The van der Waals surface area contributed by atoms with E-state index in [4.69, 9.17) is 4.74 Å². The van der Waals surface area contributed by atoms with E-state index in [0.29, 0.717) is 10.8 Å². The van der Waals surface area contributed by atoms with E-state index >= 15 is 0 Å². The molecule has 2 heterocycles. The van der Waals surface area contributed by atoms with Crippen LogP contribution in [-0.2, 0) is 11.2 Å². The third-order valence-electron chi connectivity index (χ3n) is 4.09. The summed E-state index contributed by atoms with van der Waals surface area (Å²) in [5.41, 5.74) is 2.31. The van der Waals surface area contributed by atoms with Crippen LogP contribution in [0.2, 0.25) is 0 Å². The quantitative estimate of drug-likeness (QED) is 0.497. The van der Waals surface area contributed by atoms with Crippen LogP contribution < -0.4 is 10.1 Å². The van der Waals surface area contributed by atoms with Crippen molar-refractivity contribution in [3.8, 4) is 17.0 Å². The van der Waals surface area contributed by atoms with Gasteiger partial charge in [0.15, 0.2) is 5.13 Å². The Bertz CT molecular complexity index is 1150. The highest BCUT2D eigenvalue weighted by Gasteiger charge is 2.16. The summed E-state index contributed by atoms with van der Waals surface area (Å²) in [6, 6.07) is 11.7. The molecule has 0 aliphatic heterocycles. The van der Waals surface area contributed by atoms with Crippen LogP contribution in [0.4, 0.5) is 9.52 Å². The molecule has 142 valence electrons. The number of halogens is 1. The van der Waals surface area contributed by atoms with Gasteiger partial charge in [-0.15, -0.1) is 11.3 Å². The van der Waals surface area contributed by atoms with Crippen molar-refractivity contribution in [3.63, 3.8) is 0 Å². The number of carbonyl (C=O) groups is 1. The number of hydrogen-bond acceptors (Lipinski definition) is 6. The molecule has 1 N–H and O–H groups in total. The van der Waals surface area contributed by atoms with Gasteiger partial charge in [0.05, 0.1) is 34.4 Å². The van der Waals surface area contributed by atoms with E-state index < -0.39 is 0 Å². The molecule has 0 saturated heterocycles. The minimum absolute atomic E-state index is 0.168. The summed E-state index contributed by atoms with van der Waals surface area (Å²) in [5.74, 6) is 0.276. The SMILES string of the molecule is COc1ccc2nc(NC(=O)Cc3sc(C)nc3-c3ccc(F)cc3)sc2c1. The van der Waals surface area contributed by atoms with E-state index in [1.54, 1.807) is 19.2 Å². The molecule has 0 bridgehead atoms. The molecule has 28 heavy (non-hydrogen) atoms. The lowest BCUT2D eigenvalue weighted by Gasteiger charge is -2.03. The van der Waals surface area contributed by atoms with Gasteiger partial charge in [-0.1, -0.05) is 11.3 Å². The van der Waals surface area contributed by atoms with Gasteiger partial charge < -0.3 is 10.1 Å². The first kappa shape index (κ1) is 18.5. The van der Waals surface area contributed by atoms with Crippen LogP contribution in [0.15, 0.2) is 42.5 Å². The number of ether oxygens (including phenoxy) is 1. The minimum atomic E-state index is -0.303. The van der Waals surface area contributed by atoms with Crippen molar-refractivity contribution in [2.45, 2.75) is 13.3 Å². The van der Waals surface area contributed by atoms with Crippen LogP contribution in [0, 0.1) is 12.7 Å². The second-order valence-corrected chi connectivity index (χ2v) is 8.41. The number of thiazole rings is 2. The molecule has 0 atom stereocenters. The highest BCUT2D eigenvalue weighted by atomic mass is 32.1. The number of aromatic nitrogens is 2. The van der Waals surface area contributed by atoms with Crippen molar-refractivity contribution >= 4 is 43.9 Å². The maximum Gasteiger partial charge on any atom is 0.231 e. The first-order valence-electron chi connectivity index (χ1n) is 8.48. The lowest BCUT2D eigenvalue weighted by atomic mass is 10.1. The third-order valence-corrected chi connectivity index (χ3v) is 5.99. The van der Waals surface area contributed by atoms with E-state index in [9.17, 15) is 9.18 Å². The van der Waals surface area contributed by atoms with E-state index in [1.807, 2.05) is 25.1 Å². The Balaban J connectivity index is 1.53. The lowest BCUT2D eigenvalue weighted by molar-refractivity contribution is -0.115. The molecule has 2 aromatic carbocycles. The fraction of sp³-hybridized carbons (Fsp3) is 0.150. The number of anilines is 1. The molecule has 0 aliphatic rings. The highest BCUT2D eigenvalue weighted by molar-refractivity contribution is 7.22. The maximum atomic E-state index is 13.2. The maximum absolute atomic E-state index is 13.2. The molecule has 0 radical (unpaired) electrons. The summed E-state index contributed by atoms with van der Waals surface area (Å²) in [7, 11) is 1.61. The van der Waals surface area contributed by atoms with Gasteiger partial charge in [0.25, 0.3) is 0 Å². The zero-order valence-electron chi connectivity index (χ0n) is 15.2. The number of aryl methyl sites for hydroxylation is 1. The number of hydrogen-bond donors (Lipinski definition) is 1. The van der Waals surface area contributed by atoms with Crippen molar-refractivity contribution in [2.75, 3.05) is 12.4 Å². The molecular formula is C20H16FN3O2S2. The fourth-order valence-electron chi connectivity index (χ4n) is 2.82. The van der Waals surface area contributed by atoms with Gasteiger partial charge in [0.1, 0.15) is 11.6 Å². The van der Waals surface area contributed by atoms with Gasteiger partial charge in [0.2, 0.25) is 5.91 Å². The van der Waals surface area contributed by atoms with Gasteiger partial charge in [-0.05, 0) is 49.4 Å². The number of carbonyl (C=O) groups excluding carboxylic acids is 1. The van der Waals surface area contributed by atoms with E-state index in [2.05, 4.69) is 15.3 Å². The Hall–Kier alpha value is -2.84. The molecule has 0 unspecified atom stereocenters. The van der Waals surface area contributed by atoms with Gasteiger partial charge in [-0.2, -0.15) is 0 Å². The standard InChI is InChI=1S/C20H16FN3O2S2/c1-11-22-19(12-3-5-13(21)6-4-12)17(27-11)10-18(25)24-20-23-15-8-7-14(26-2)9-16(15)28-20/h3-9H,10H2,1-2H3,(H,23,24,25). The number of nitrogens with one attached hydrogen (secondary N) is 1. The van der Waals surface area contributed by atoms with Crippen LogP contribution in [-0.4, -0.2) is 23.0 Å². The molecule has 2 aromatic heterocycles. The zero-order chi connectivity index (χ0) is 19.7.